The molecule has 0 aliphatic heterocycles. The highest BCUT2D eigenvalue weighted by molar-refractivity contribution is 5.26. The Morgan fingerprint density at radius 1 is 0.947 bits per heavy atom. The van der Waals surface area contributed by atoms with Gasteiger partial charge in [0.2, 0.25) is 0 Å². The van der Waals surface area contributed by atoms with E-state index in [1.165, 1.54) is 12.1 Å². The maximum Gasteiger partial charge on any atom is 0.123 e. The Morgan fingerprint density at radius 2 is 1.58 bits per heavy atom. The fourth-order valence-corrected chi connectivity index (χ4v) is 2.27. The topological polar surface area (TPSA) is 21.3 Å². The summed E-state index contributed by atoms with van der Waals surface area (Å²) in [7, 11) is 3.56. The Kier molecular flexibility index (Phi) is 4.66. The van der Waals surface area contributed by atoms with Gasteiger partial charge in [0.05, 0.1) is 6.04 Å². The number of methoxy groups -OCH3 is 1. The molecule has 19 heavy (non-hydrogen) atoms. The first-order chi connectivity index (χ1) is 9.26. The maximum atomic E-state index is 13.0. The molecule has 0 radical (unpaired) electrons. The quantitative estimate of drug-likeness (QED) is 0.887. The van der Waals surface area contributed by atoms with Gasteiger partial charge in [-0.2, -0.15) is 0 Å². The van der Waals surface area contributed by atoms with Crippen LogP contribution in [0.2, 0.25) is 0 Å². The third kappa shape index (κ3) is 3.19. The van der Waals surface area contributed by atoms with Crippen LogP contribution in [0.1, 0.15) is 23.3 Å². The van der Waals surface area contributed by atoms with Gasteiger partial charge in [0.25, 0.3) is 0 Å². The lowest BCUT2D eigenvalue weighted by Crippen LogP contribution is -2.25. The van der Waals surface area contributed by atoms with Crippen LogP contribution in [0, 0.1) is 5.82 Å². The second-order valence-electron chi connectivity index (χ2n) is 4.38. The number of nitrogens with one attached hydrogen (secondary N) is 1. The van der Waals surface area contributed by atoms with E-state index in [0.717, 1.165) is 11.1 Å². The van der Waals surface area contributed by atoms with Crippen LogP contribution in [0.3, 0.4) is 0 Å². The first kappa shape index (κ1) is 13.7. The Hall–Kier alpha value is -1.71. The summed E-state index contributed by atoms with van der Waals surface area (Å²) in [6.45, 7) is 0. The molecule has 0 bridgehead atoms. The van der Waals surface area contributed by atoms with Crippen molar-refractivity contribution in [2.75, 3.05) is 14.2 Å². The van der Waals surface area contributed by atoms with Crippen molar-refractivity contribution in [3.8, 4) is 0 Å². The molecule has 0 aromatic heterocycles. The molecule has 2 aromatic carbocycles. The largest absolute Gasteiger partial charge is 0.375 e. The summed E-state index contributed by atoms with van der Waals surface area (Å²) in [6.07, 6.45) is -0.114. The van der Waals surface area contributed by atoms with Crippen LogP contribution in [0.15, 0.2) is 54.6 Å². The molecule has 2 atom stereocenters. The van der Waals surface area contributed by atoms with E-state index in [1.54, 1.807) is 19.2 Å². The number of hydrogen-bond donors (Lipinski definition) is 1. The SMILES string of the molecule is CNC(c1ccc(F)cc1)C(OC)c1ccccc1. The highest BCUT2D eigenvalue weighted by atomic mass is 19.1. The lowest BCUT2D eigenvalue weighted by atomic mass is 9.96. The molecule has 0 aliphatic rings. The third-order valence-corrected chi connectivity index (χ3v) is 3.22. The second kappa shape index (κ2) is 6.45. The van der Waals surface area contributed by atoms with Crippen molar-refractivity contribution in [1.29, 1.82) is 0 Å². The first-order valence-electron chi connectivity index (χ1n) is 6.26. The van der Waals surface area contributed by atoms with E-state index >= 15 is 0 Å². The van der Waals surface area contributed by atoms with Crippen LogP contribution in [0.25, 0.3) is 0 Å². The summed E-state index contributed by atoms with van der Waals surface area (Å²) in [6, 6.07) is 16.5. The predicted octanol–water partition coefficient (Wildman–Crippen LogP) is 3.47. The van der Waals surface area contributed by atoms with Crippen molar-refractivity contribution in [1.82, 2.24) is 5.32 Å². The van der Waals surface area contributed by atoms with E-state index in [-0.39, 0.29) is 18.0 Å². The molecule has 0 heterocycles. The van der Waals surface area contributed by atoms with Crippen LogP contribution in [0.5, 0.6) is 0 Å². The zero-order chi connectivity index (χ0) is 13.7. The van der Waals surface area contributed by atoms with Gasteiger partial charge in [-0.3, -0.25) is 0 Å². The van der Waals surface area contributed by atoms with Crippen LogP contribution >= 0.6 is 0 Å². The van der Waals surface area contributed by atoms with Gasteiger partial charge >= 0.3 is 0 Å². The molecule has 0 amide bonds. The number of likely N-dealkylation sites (N-methyl/N-ethyl adjacent to an activating group) is 1. The smallest absolute Gasteiger partial charge is 0.123 e. The van der Waals surface area contributed by atoms with Crippen molar-refractivity contribution in [2.45, 2.75) is 12.1 Å². The van der Waals surface area contributed by atoms with Gasteiger partial charge in [-0.25, -0.2) is 4.39 Å². The van der Waals surface area contributed by atoms with E-state index in [4.69, 9.17) is 4.74 Å². The number of halogens is 1. The van der Waals surface area contributed by atoms with Gasteiger partial charge in [-0.15, -0.1) is 0 Å². The summed E-state index contributed by atoms with van der Waals surface area (Å²) in [4.78, 5) is 0. The summed E-state index contributed by atoms with van der Waals surface area (Å²) in [5.41, 5.74) is 2.09. The van der Waals surface area contributed by atoms with E-state index in [1.807, 2.05) is 37.4 Å². The molecule has 2 rings (SSSR count). The molecule has 100 valence electrons. The summed E-state index contributed by atoms with van der Waals surface area (Å²) < 4.78 is 18.6. The monoisotopic (exact) mass is 259 g/mol. The third-order valence-electron chi connectivity index (χ3n) is 3.22. The molecule has 2 nitrogen and oxygen atoms in total. The van der Waals surface area contributed by atoms with Gasteiger partial charge in [0.1, 0.15) is 11.9 Å². The van der Waals surface area contributed by atoms with Crippen molar-refractivity contribution in [2.24, 2.45) is 0 Å². The van der Waals surface area contributed by atoms with Crippen LogP contribution in [-0.2, 0) is 4.74 Å². The lowest BCUT2D eigenvalue weighted by Gasteiger charge is -2.26. The van der Waals surface area contributed by atoms with Crippen LogP contribution in [-0.4, -0.2) is 14.2 Å². The summed E-state index contributed by atoms with van der Waals surface area (Å²) in [5.74, 6) is -0.229. The molecule has 2 aromatic rings. The Morgan fingerprint density at radius 3 is 2.11 bits per heavy atom. The molecular weight excluding hydrogens is 241 g/mol. The van der Waals surface area contributed by atoms with Gasteiger partial charge < -0.3 is 10.1 Å². The molecule has 0 spiro atoms. The average Bonchev–Trinajstić information content (AvgIpc) is 2.47. The van der Waals surface area contributed by atoms with Crippen molar-refractivity contribution in [3.05, 3.63) is 71.5 Å². The molecule has 0 fully saturated rings. The normalized spacial score (nSPS) is 14.1. The molecule has 2 unspecified atom stereocenters. The van der Waals surface area contributed by atoms with Gasteiger partial charge in [-0.1, -0.05) is 42.5 Å². The van der Waals surface area contributed by atoms with Crippen molar-refractivity contribution >= 4 is 0 Å². The van der Waals surface area contributed by atoms with Crippen LogP contribution in [0.4, 0.5) is 4.39 Å². The Balaban J connectivity index is 2.31. The molecule has 0 saturated carbocycles. The highest BCUT2D eigenvalue weighted by Gasteiger charge is 2.23. The Labute approximate surface area is 113 Å². The van der Waals surface area contributed by atoms with E-state index < -0.39 is 0 Å². The molecule has 3 heteroatoms. The van der Waals surface area contributed by atoms with E-state index in [0.29, 0.717) is 0 Å². The predicted molar refractivity (Wildman–Crippen MR) is 74.4 cm³/mol. The zero-order valence-corrected chi connectivity index (χ0v) is 11.1. The fraction of sp³-hybridized carbons (Fsp3) is 0.250. The minimum absolute atomic E-state index is 0.0204. The minimum atomic E-state index is -0.229. The lowest BCUT2D eigenvalue weighted by molar-refractivity contribution is 0.0702. The standard InChI is InChI=1S/C16H18FNO/c1-18-15(12-8-10-14(17)11-9-12)16(19-2)13-6-4-3-5-7-13/h3-11,15-16,18H,1-2H3. The molecule has 0 saturated heterocycles. The van der Waals surface area contributed by atoms with Gasteiger partial charge in [0.15, 0.2) is 0 Å². The zero-order valence-electron chi connectivity index (χ0n) is 11.1. The van der Waals surface area contributed by atoms with Gasteiger partial charge in [0, 0.05) is 7.11 Å². The fourth-order valence-electron chi connectivity index (χ4n) is 2.27. The van der Waals surface area contributed by atoms with Gasteiger partial charge in [-0.05, 0) is 30.3 Å². The number of hydrogen-bond acceptors (Lipinski definition) is 2. The number of ether oxygens (including phenoxy) is 1. The molecule has 1 N–H and O–H groups in total. The second-order valence-corrected chi connectivity index (χ2v) is 4.38. The van der Waals surface area contributed by atoms with Crippen LogP contribution < -0.4 is 5.32 Å². The Bertz CT molecular complexity index is 498. The summed E-state index contributed by atoms with van der Waals surface area (Å²) >= 11 is 0. The van der Waals surface area contributed by atoms with E-state index in [9.17, 15) is 4.39 Å². The van der Waals surface area contributed by atoms with Crippen molar-refractivity contribution in [3.63, 3.8) is 0 Å². The number of rotatable bonds is 5. The molecular formula is C16H18FNO. The molecule has 0 aliphatic carbocycles. The highest BCUT2D eigenvalue weighted by Crippen LogP contribution is 2.31. The van der Waals surface area contributed by atoms with Crippen molar-refractivity contribution < 1.29 is 9.13 Å². The summed E-state index contributed by atoms with van der Waals surface area (Å²) in [5, 5.41) is 3.24. The average molecular weight is 259 g/mol. The van der Waals surface area contributed by atoms with E-state index in [2.05, 4.69) is 5.32 Å². The first-order valence-corrected chi connectivity index (χ1v) is 6.26. The minimum Gasteiger partial charge on any atom is -0.375 e. The maximum absolute atomic E-state index is 13.0. The number of benzene rings is 2.